The highest BCUT2D eigenvalue weighted by Crippen LogP contribution is 2.62. The number of nitrogens with zero attached hydrogens (tertiary/aromatic N) is 6. The summed E-state index contributed by atoms with van der Waals surface area (Å²) in [7, 11) is 0. The summed E-state index contributed by atoms with van der Waals surface area (Å²) in [6, 6.07) is 19.8. The van der Waals surface area contributed by atoms with Gasteiger partial charge < -0.3 is 0 Å². The third-order valence-corrected chi connectivity index (χ3v) is 7.32. The molecular formula is C34H10F6N6. The van der Waals surface area contributed by atoms with Crippen LogP contribution in [0.1, 0.15) is 44.5 Å². The van der Waals surface area contributed by atoms with E-state index in [1.165, 1.54) is 72.8 Å². The fraction of sp³-hybridized carbons (Fsp3) is 0.0588. The number of fused-ring (bicyclic) bond motifs is 2. The fourth-order valence-electron chi connectivity index (χ4n) is 5.82. The predicted molar refractivity (Wildman–Crippen MR) is 152 cm³/mol. The third kappa shape index (κ3) is 4.39. The van der Waals surface area contributed by atoms with Crippen molar-refractivity contribution in [2.75, 3.05) is 0 Å². The van der Waals surface area contributed by atoms with Crippen molar-refractivity contribution in [3.05, 3.63) is 139 Å². The van der Waals surface area contributed by atoms with Crippen molar-refractivity contribution >= 4 is 33.4 Å². The minimum absolute atomic E-state index is 0.0567. The Labute approximate surface area is 256 Å². The highest BCUT2D eigenvalue weighted by Gasteiger charge is 2.53. The van der Waals surface area contributed by atoms with Gasteiger partial charge in [-0.3, -0.25) is 0 Å². The Morgan fingerprint density at radius 2 is 0.870 bits per heavy atom. The predicted octanol–water partition coefficient (Wildman–Crippen LogP) is 8.93. The number of hydrogen-bond donors (Lipinski definition) is 0. The number of benzene rings is 3. The van der Waals surface area contributed by atoms with Crippen LogP contribution in [0, 0.1) is 58.5 Å². The molecule has 218 valence electrons. The zero-order chi connectivity index (χ0) is 33.6. The van der Waals surface area contributed by atoms with Crippen LogP contribution in [0.25, 0.3) is 43.1 Å². The molecule has 0 aromatic heterocycles. The summed E-state index contributed by atoms with van der Waals surface area (Å²) in [6.07, 6.45) is -11.1. The molecule has 0 aliphatic heterocycles. The normalized spacial score (nSPS) is 15.8. The second kappa shape index (κ2) is 11.0. The van der Waals surface area contributed by atoms with Crippen LogP contribution < -0.4 is 0 Å². The fourth-order valence-corrected chi connectivity index (χ4v) is 5.82. The number of hydrogen-bond acceptors (Lipinski definition) is 4. The van der Waals surface area contributed by atoms with Crippen LogP contribution in [0.5, 0.6) is 0 Å². The van der Waals surface area contributed by atoms with Gasteiger partial charge in [0.1, 0.15) is 12.1 Å². The Bertz CT molecular complexity index is 2080. The average Bonchev–Trinajstić information content (AvgIpc) is 3.54. The highest BCUT2D eigenvalue weighted by atomic mass is 19.4. The van der Waals surface area contributed by atoms with Crippen LogP contribution >= 0.6 is 0 Å². The first-order chi connectivity index (χ1) is 21.9. The average molecular weight is 616 g/mol. The van der Waals surface area contributed by atoms with E-state index in [1.54, 1.807) is 12.1 Å². The van der Waals surface area contributed by atoms with E-state index >= 15 is 26.3 Å². The largest absolute Gasteiger partial charge is 0.417 e. The van der Waals surface area contributed by atoms with E-state index in [0.717, 1.165) is 0 Å². The summed E-state index contributed by atoms with van der Waals surface area (Å²) in [4.78, 5) is 6.04. The molecule has 6 nitrogen and oxygen atoms in total. The molecule has 3 aromatic carbocycles. The summed E-state index contributed by atoms with van der Waals surface area (Å²) in [5.74, 6) is 0. The number of rotatable bonds is 2. The molecule has 0 fully saturated rings. The monoisotopic (exact) mass is 616 g/mol. The molecule has 0 unspecified atom stereocenters. The van der Waals surface area contributed by atoms with Crippen molar-refractivity contribution in [1.82, 2.24) is 0 Å². The van der Waals surface area contributed by atoms with Crippen molar-refractivity contribution in [2.45, 2.75) is 12.4 Å². The maximum absolute atomic E-state index is 15.5. The minimum Gasteiger partial charge on any atom is -0.226 e. The first-order valence-corrected chi connectivity index (χ1v) is 12.7. The van der Waals surface area contributed by atoms with Gasteiger partial charge in [-0.25, -0.2) is 20.2 Å². The van der Waals surface area contributed by atoms with Gasteiger partial charge >= 0.3 is 12.4 Å². The van der Waals surface area contributed by atoms with E-state index in [2.05, 4.69) is 9.69 Å². The van der Waals surface area contributed by atoms with Crippen molar-refractivity contribution in [3.8, 4) is 24.3 Å². The summed E-state index contributed by atoms with van der Waals surface area (Å²) in [5, 5.41) is 40.3. The maximum atomic E-state index is 15.5. The Kier molecular flexibility index (Phi) is 7.32. The van der Waals surface area contributed by atoms with Gasteiger partial charge in [-0.1, -0.05) is 60.7 Å². The van der Waals surface area contributed by atoms with Gasteiger partial charge in [0.15, 0.2) is 0 Å². The second-order valence-corrected chi connectivity index (χ2v) is 9.60. The Morgan fingerprint density at radius 3 is 1.13 bits per heavy atom. The van der Waals surface area contributed by atoms with Gasteiger partial charge in [-0.05, 0) is 33.4 Å². The standard InChI is InChI=1S/C34H10F6N6/c1-45-21(15-43)27-23(17-9-5-3-6-10-17)19(13-41)25-29(27)32(34(38,39)40)30-26(31(25)33(35,36)37)20(14-42)24(18-11-7-4-8-12-18)28(30)22(16-44)46-2/h3-12H/b27-21-,28-22+. The Balaban J connectivity index is 2.24. The van der Waals surface area contributed by atoms with Gasteiger partial charge in [0, 0.05) is 22.3 Å². The van der Waals surface area contributed by atoms with Crippen LogP contribution in [-0.4, -0.2) is 0 Å². The first-order valence-electron chi connectivity index (χ1n) is 12.7. The number of halogens is 6. The van der Waals surface area contributed by atoms with E-state index in [0.29, 0.717) is 0 Å². The van der Waals surface area contributed by atoms with E-state index in [1.807, 2.05) is 0 Å². The highest BCUT2D eigenvalue weighted by molar-refractivity contribution is 6.31. The lowest BCUT2D eigenvalue weighted by molar-refractivity contribution is -0.141. The maximum Gasteiger partial charge on any atom is 0.417 e. The second-order valence-electron chi connectivity index (χ2n) is 9.60. The lowest BCUT2D eigenvalue weighted by atomic mass is 9.82. The molecule has 46 heavy (non-hydrogen) atoms. The Morgan fingerprint density at radius 1 is 0.543 bits per heavy atom. The van der Waals surface area contributed by atoms with Gasteiger partial charge in [0.25, 0.3) is 11.4 Å². The summed E-state index contributed by atoms with van der Waals surface area (Å²) < 4.78 is 92.5. The zero-order valence-corrected chi connectivity index (χ0v) is 22.7. The molecule has 0 amide bonds. The molecule has 0 heterocycles. The summed E-state index contributed by atoms with van der Waals surface area (Å²) in [5.41, 5.74) is -15.5. The molecule has 2 aliphatic carbocycles. The van der Waals surface area contributed by atoms with Crippen LogP contribution in [0.4, 0.5) is 26.3 Å². The zero-order valence-electron chi connectivity index (χ0n) is 22.7. The van der Waals surface area contributed by atoms with Gasteiger partial charge in [0.2, 0.25) is 0 Å². The number of alkyl halides is 6. The number of nitriles is 4. The lowest BCUT2D eigenvalue weighted by Crippen LogP contribution is -2.20. The lowest BCUT2D eigenvalue weighted by Gasteiger charge is -2.25. The summed E-state index contributed by atoms with van der Waals surface area (Å²) >= 11 is 0. The van der Waals surface area contributed by atoms with Crippen LogP contribution in [0.15, 0.2) is 72.1 Å². The van der Waals surface area contributed by atoms with E-state index in [9.17, 15) is 21.0 Å². The molecule has 2 aliphatic rings. The van der Waals surface area contributed by atoms with Crippen LogP contribution in [-0.2, 0) is 12.4 Å². The van der Waals surface area contributed by atoms with Crippen molar-refractivity contribution in [1.29, 1.82) is 21.0 Å². The van der Waals surface area contributed by atoms with Gasteiger partial charge in [-0.15, -0.1) is 0 Å². The molecule has 0 N–H and O–H groups in total. The summed E-state index contributed by atoms with van der Waals surface area (Å²) in [6.45, 7) is 15.1. The van der Waals surface area contributed by atoms with Crippen molar-refractivity contribution < 1.29 is 26.3 Å². The van der Waals surface area contributed by atoms with Gasteiger partial charge in [-0.2, -0.15) is 36.9 Å². The molecule has 0 saturated heterocycles. The smallest absolute Gasteiger partial charge is 0.226 e. The number of allylic oxidation sites excluding steroid dienone is 8. The van der Waals surface area contributed by atoms with Crippen molar-refractivity contribution in [3.63, 3.8) is 0 Å². The molecule has 0 bridgehead atoms. The van der Waals surface area contributed by atoms with Crippen LogP contribution in [0.2, 0.25) is 0 Å². The molecule has 12 heteroatoms. The topological polar surface area (TPSA) is 104 Å². The molecular weight excluding hydrogens is 606 g/mol. The SMILES string of the molecule is [C-]#[N+]/C(C#N)=C1/C(c2ccccc2)=C(C#N)c2c1c(C(F)(F)F)c1c(c2C(F)(F)F)C(C#N)=C(c2ccccc2)/C1=C(/C#N)[N+]#[C-]. The van der Waals surface area contributed by atoms with Crippen molar-refractivity contribution in [2.24, 2.45) is 0 Å². The minimum atomic E-state index is -5.57. The quantitative estimate of drug-likeness (QED) is 0.163. The van der Waals surface area contributed by atoms with E-state index in [4.69, 9.17) is 13.1 Å². The third-order valence-electron chi connectivity index (χ3n) is 7.32. The van der Waals surface area contributed by atoms with Gasteiger partial charge in [0.05, 0.1) is 47.6 Å². The van der Waals surface area contributed by atoms with Crippen LogP contribution in [0.3, 0.4) is 0 Å². The van der Waals surface area contributed by atoms with E-state index in [-0.39, 0.29) is 11.1 Å². The Hall–Kier alpha value is -6.86. The molecule has 0 spiro atoms. The molecule has 0 atom stereocenters. The molecule has 5 rings (SSSR count). The molecule has 0 radical (unpaired) electrons. The molecule has 0 saturated carbocycles. The molecule has 3 aromatic rings. The first kappa shape index (κ1) is 30.6. The van der Waals surface area contributed by atoms with E-state index < -0.39 is 90.6 Å².